The fourth-order valence-electron chi connectivity index (χ4n) is 13.5. The van der Waals surface area contributed by atoms with Crippen LogP contribution in [0, 0.1) is 12.8 Å². The molecule has 2 bridgehead atoms. The van der Waals surface area contributed by atoms with Crippen LogP contribution < -0.4 is 30.6 Å². The Morgan fingerprint density at radius 1 is 0.918 bits per heavy atom. The molecule has 1 aliphatic carbocycles. The Hall–Kier alpha value is -8.44. The first kappa shape index (κ1) is 54.5. The molecule has 5 aliphatic rings. The van der Waals surface area contributed by atoms with Gasteiger partial charge in [0.1, 0.15) is 41.9 Å². The summed E-state index contributed by atoms with van der Waals surface area (Å²) in [6.45, 7) is 10.7. The van der Waals surface area contributed by atoms with Crippen molar-refractivity contribution >= 4 is 61.2 Å². The van der Waals surface area contributed by atoms with Crippen molar-refractivity contribution < 1.29 is 39.1 Å². The molecule has 9 aromatic rings. The highest BCUT2D eigenvalue weighted by Gasteiger charge is 2.44. The van der Waals surface area contributed by atoms with Gasteiger partial charge in [-0.15, -0.1) is 0 Å². The first-order valence-corrected chi connectivity index (χ1v) is 29.8. The van der Waals surface area contributed by atoms with Crippen molar-refractivity contribution in [2.75, 3.05) is 44.4 Å². The van der Waals surface area contributed by atoms with Crippen LogP contribution in [-0.2, 0) is 27.5 Å². The molecule has 4 aliphatic heterocycles. The monoisotopic (exact) mass is 1150 g/mol. The van der Waals surface area contributed by atoms with Gasteiger partial charge >= 0.3 is 6.01 Å². The van der Waals surface area contributed by atoms with Gasteiger partial charge < -0.3 is 54.9 Å². The van der Waals surface area contributed by atoms with Crippen molar-refractivity contribution in [1.82, 2.24) is 60.2 Å². The summed E-state index contributed by atoms with van der Waals surface area (Å²) in [4.78, 5) is 60.5. The third-order valence-electron chi connectivity index (χ3n) is 18.0. The number of anilines is 1. The minimum absolute atomic E-state index is 0.0149. The summed E-state index contributed by atoms with van der Waals surface area (Å²) in [5, 5.41) is 59.7. The number of aliphatic hydroxyl groups is 2. The Morgan fingerprint density at radius 2 is 1.74 bits per heavy atom. The number of rotatable bonds is 17. The van der Waals surface area contributed by atoms with Gasteiger partial charge in [0.2, 0.25) is 11.8 Å². The van der Waals surface area contributed by atoms with E-state index in [2.05, 4.69) is 54.9 Å². The van der Waals surface area contributed by atoms with Crippen LogP contribution in [0.5, 0.6) is 17.5 Å². The Balaban J connectivity index is 0.798. The van der Waals surface area contributed by atoms with Crippen LogP contribution in [0.4, 0.5) is 5.82 Å². The van der Waals surface area contributed by atoms with E-state index in [4.69, 9.17) is 29.3 Å². The minimum atomic E-state index is -1.06. The summed E-state index contributed by atoms with van der Waals surface area (Å²) in [7, 11) is 0. The molecule has 9 heterocycles. The predicted molar refractivity (Wildman–Crippen MR) is 319 cm³/mol. The van der Waals surface area contributed by atoms with Gasteiger partial charge in [0.15, 0.2) is 11.3 Å². The average Bonchev–Trinajstić information content (AvgIpc) is 2.39. The Bertz CT molecular complexity index is 4130. The standard InChI is InChI=1S/C63H69N13O9/c1-5-75-50(14-17-66-75)36-11-9-35(10-12-36)49(30-77)68-60(80)51-22-40(78)28-74(51)62(82)57(32(2)3)76-29-46-43-24-52(79)37(20-48(43)67-61(81)56(46)72-76)31-84-58-54(53-33(4)6-13-47-45(53)26-65-71-47)42(34-7-8-34)23-44-55(58)69-63(85-41-15-18-83-19-16-41)70-59(44)73-27-38-21-39(73)25-64-38/h6,9-14,17,20,23-24,26,29,32,34,38-41,49,51,57,64,77-79H,5,7-8,15-16,18-19,21-22,25,27-28,30-31H2,1-4H3,(H,65,71)(H,67,81)(H,68,80)/t38-,39-,40+,49-,51-,57-/m0/s1. The molecule has 2 amide bonds. The number of amides is 2. The zero-order valence-corrected chi connectivity index (χ0v) is 47.9. The van der Waals surface area contributed by atoms with Gasteiger partial charge in [0.25, 0.3) is 5.56 Å². The van der Waals surface area contributed by atoms with E-state index in [-0.39, 0.29) is 54.9 Å². The molecule has 4 aromatic carbocycles. The van der Waals surface area contributed by atoms with Gasteiger partial charge in [0, 0.05) is 108 Å². The maximum absolute atomic E-state index is 14.9. The number of carbonyl (C=O) groups excluding carboxylic acids is 2. The summed E-state index contributed by atoms with van der Waals surface area (Å²) < 4.78 is 22.9. The largest absolute Gasteiger partial charge is 0.508 e. The van der Waals surface area contributed by atoms with Crippen molar-refractivity contribution in [3.05, 3.63) is 112 Å². The number of aliphatic hydroxyl groups excluding tert-OH is 2. The fourth-order valence-corrected chi connectivity index (χ4v) is 13.5. The molecule has 14 rings (SSSR count). The van der Waals surface area contributed by atoms with Gasteiger partial charge in [0.05, 0.1) is 49.4 Å². The number of aryl methyl sites for hydroxylation is 2. The number of phenolic OH excluding ortho intramolecular Hbond substituents is 1. The lowest BCUT2D eigenvalue weighted by molar-refractivity contribution is -0.142. The maximum Gasteiger partial charge on any atom is 0.319 e. The van der Waals surface area contributed by atoms with Gasteiger partial charge in [-0.3, -0.25) is 28.8 Å². The third-order valence-corrected chi connectivity index (χ3v) is 18.0. The lowest BCUT2D eigenvalue weighted by Crippen LogP contribution is -2.50. The number of aromatic hydroxyl groups is 1. The zero-order valence-electron chi connectivity index (χ0n) is 47.9. The molecular formula is C63H69N13O9. The van der Waals surface area contributed by atoms with Crippen LogP contribution in [0.3, 0.4) is 0 Å². The van der Waals surface area contributed by atoms with Gasteiger partial charge in [-0.2, -0.15) is 25.3 Å². The molecule has 22 nitrogen and oxygen atoms in total. The van der Waals surface area contributed by atoms with Crippen molar-refractivity contribution in [3.8, 4) is 39.9 Å². The number of nitrogens with zero attached hydrogens (tertiary/aromatic N) is 9. The quantitative estimate of drug-likeness (QED) is 0.0492. The summed E-state index contributed by atoms with van der Waals surface area (Å²) in [5.74, 6) is 0.0976. The number of piperazine rings is 1. The van der Waals surface area contributed by atoms with Gasteiger partial charge in [-0.05, 0) is 103 Å². The number of ether oxygens (including phenoxy) is 3. The highest BCUT2D eigenvalue weighted by molar-refractivity contribution is 6.07. The highest BCUT2D eigenvalue weighted by Crippen LogP contribution is 2.53. The number of nitrogens with one attached hydrogen (secondary N) is 4. The topological polar surface area (TPSA) is 276 Å². The molecule has 85 heavy (non-hydrogen) atoms. The number of hydrogen-bond acceptors (Lipinski definition) is 16. The van der Waals surface area contributed by atoms with Crippen LogP contribution in [0.25, 0.3) is 66.0 Å². The molecule has 0 unspecified atom stereocenters. The van der Waals surface area contributed by atoms with E-state index < -0.39 is 54.1 Å². The number of β-amino-alcohol motifs (C(OH)–C–C–N with tert-alkyl or cyclic N) is 1. The fraction of sp³-hybridized carbons (Fsp3) is 0.429. The van der Waals surface area contributed by atoms with Crippen LogP contribution in [0.15, 0.2) is 84.0 Å². The van der Waals surface area contributed by atoms with Crippen LogP contribution in [0.1, 0.15) is 99.6 Å². The number of hydrogen-bond donors (Lipinski definition) is 7. The number of aromatic amines is 2. The number of phenols is 1. The second-order valence-electron chi connectivity index (χ2n) is 24.0. The van der Waals surface area contributed by atoms with E-state index in [1.54, 1.807) is 24.5 Å². The molecule has 1 saturated carbocycles. The second kappa shape index (κ2) is 21.9. The van der Waals surface area contributed by atoms with Gasteiger partial charge in [-0.25, -0.2) is 0 Å². The highest BCUT2D eigenvalue weighted by atomic mass is 16.5. The Kier molecular flexibility index (Phi) is 14.0. The number of fused-ring (bicyclic) bond motifs is 7. The van der Waals surface area contributed by atoms with E-state index in [1.807, 2.05) is 68.0 Å². The van der Waals surface area contributed by atoms with E-state index in [0.29, 0.717) is 77.3 Å². The number of pyridine rings is 1. The predicted octanol–water partition coefficient (Wildman–Crippen LogP) is 6.84. The van der Waals surface area contributed by atoms with Crippen LogP contribution >= 0.6 is 0 Å². The molecular weight excluding hydrogens is 1080 g/mol. The maximum atomic E-state index is 14.9. The molecule has 440 valence electrons. The smallest absolute Gasteiger partial charge is 0.319 e. The van der Waals surface area contributed by atoms with Crippen molar-refractivity contribution in [2.24, 2.45) is 5.92 Å². The molecule has 5 fully saturated rings. The summed E-state index contributed by atoms with van der Waals surface area (Å²) in [5.41, 5.74) is 8.35. The number of carbonyl (C=O) groups is 2. The summed E-state index contributed by atoms with van der Waals surface area (Å²) in [6, 6.07) is 17.1. The number of likely N-dealkylation sites (tertiary alicyclic amines) is 1. The number of benzene rings is 4. The second-order valence-corrected chi connectivity index (χ2v) is 24.0. The SMILES string of the molecule is CCn1nccc1-c1ccc([C@H](CO)NC(=O)[C@@H]2C[C@@H](O)CN2C(=O)[C@H](C(C)C)n2cc3c(n2)c(=O)[nH]c2cc(COc4c(-c5c(C)ccc6[nH]ncc56)c(C5CC5)cc5c(N6C[C@@H]7C[C@H]6CN7)nc(OC6CCOCC6)nc45)c(O)cc23)cc1. The minimum Gasteiger partial charge on any atom is -0.508 e. The molecule has 5 aromatic heterocycles. The molecule has 22 heteroatoms. The molecule has 7 N–H and O–H groups in total. The Labute approximate surface area is 488 Å². The molecule has 0 radical (unpaired) electrons. The first-order chi connectivity index (χ1) is 41.3. The average molecular weight is 1150 g/mol. The van der Waals surface area contributed by atoms with E-state index in [0.717, 1.165) is 88.0 Å². The zero-order chi connectivity index (χ0) is 58.4. The van der Waals surface area contributed by atoms with Crippen molar-refractivity contribution in [3.63, 3.8) is 0 Å². The summed E-state index contributed by atoms with van der Waals surface area (Å²) in [6.07, 6.45) is 8.53. The van der Waals surface area contributed by atoms with E-state index in [9.17, 15) is 29.7 Å². The first-order valence-electron chi connectivity index (χ1n) is 29.8. The Morgan fingerprint density at radius 3 is 2.48 bits per heavy atom. The van der Waals surface area contributed by atoms with E-state index in [1.165, 1.54) is 9.58 Å². The van der Waals surface area contributed by atoms with Crippen molar-refractivity contribution in [1.29, 1.82) is 0 Å². The molecule has 4 saturated heterocycles. The van der Waals surface area contributed by atoms with Crippen molar-refractivity contribution in [2.45, 2.75) is 128 Å². The molecule has 0 spiro atoms. The van der Waals surface area contributed by atoms with Crippen LogP contribution in [0.2, 0.25) is 0 Å². The van der Waals surface area contributed by atoms with E-state index >= 15 is 0 Å². The summed E-state index contributed by atoms with van der Waals surface area (Å²) >= 11 is 0. The molecule has 6 atom stereocenters. The lowest BCUT2D eigenvalue weighted by Gasteiger charge is -2.31. The third kappa shape index (κ3) is 9.87. The lowest BCUT2D eigenvalue weighted by atomic mass is 9.89. The number of aromatic nitrogens is 9. The number of H-pyrrole nitrogens is 2. The van der Waals surface area contributed by atoms with Gasteiger partial charge in [-0.1, -0.05) is 44.2 Å². The normalized spacial score (nSPS) is 20.6. The van der Waals surface area contributed by atoms with Crippen LogP contribution in [-0.4, -0.2) is 147 Å².